The van der Waals surface area contributed by atoms with Crippen LogP contribution < -0.4 is 5.73 Å². The van der Waals surface area contributed by atoms with E-state index in [2.05, 4.69) is 0 Å². The van der Waals surface area contributed by atoms with E-state index in [1.54, 1.807) is 6.92 Å². The molecular formula is C9H12N2O2. The van der Waals surface area contributed by atoms with Crippen LogP contribution >= 0.6 is 0 Å². The number of nitrogen functional groups attached to an aromatic ring is 1. The lowest BCUT2D eigenvalue weighted by atomic mass is 10.0. The van der Waals surface area contributed by atoms with Gasteiger partial charge in [0.2, 0.25) is 0 Å². The van der Waals surface area contributed by atoms with E-state index in [9.17, 15) is 10.1 Å². The van der Waals surface area contributed by atoms with Crippen LogP contribution in [0.25, 0.3) is 0 Å². The summed E-state index contributed by atoms with van der Waals surface area (Å²) in [7, 11) is 0. The van der Waals surface area contributed by atoms with Crippen LogP contribution in [-0.4, -0.2) is 4.92 Å². The number of nitrogens with two attached hydrogens (primary N) is 1. The van der Waals surface area contributed by atoms with E-state index < -0.39 is 4.92 Å². The quantitative estimate of drug-likeness (QED) is 0.408. The Morgan fingerprint density at radius 2 is 1.85 bits per heavy atom. The van der Waals surface area contributed by atoms with Crippen molar-refractivity contribution >= 4 is 11.4 Å². The summed E-state index contributed by atoms with van der Waals surface area (Å²) in [5.74, 6) is 0. The van der Waals surface area contributed by atoms with Gasteiger partial charge < -0.3 is 5.73 Å². The van der Waals surface area contributed by atoms with E-state index in [0.29, 0.717) is 0 Å². The monoisotopic (exact) mass is 180 g/mol. The van der Waals surface area contributed by atoms with E-state index in [-0.39, 0.29) is 11.4 Å². The van der Waals surface area contributed by atoms with Crippen molar-refractivity contribution in [3.8, 4) is 0 Å². The number of nitro groups is 1. The van der Waals surface area contributed by atoms with Gasteiger partial charge in [0.05, 0.1) is 4.92 Å². The van der Waals surface area contributed by atoms with Gasteiger partial charge in [-0.2, -0.15) is 0 Å². The van der Waals surface area contributed by atoms with Gasteiger partial charge in [0, 0.05) is 6.07 Å². The SMILES string of the molecule is Cc1cc([N+](=O)[O-])c(N)c(C)c1C. The van der Waals surface area contributed by atoms with Crippen molar-refractivity contribution in [2.24, 2.45) is 0 Å². The Bertz CT molecular complexity index is 372. The highest BCUT2D eigenvalue weighted by Crippen LogP contribution is 2.29. The largest absolute Gasteiger partial charge is 0.393 e. The molecule has 70 valence electrons. The van der Waals surface area contributed by atoms with E-state index in [1.807, 2.05) is 13.8 Å². The van der Waals surface area contributed by atoms with E-state index in [1.165, 1.54) is 6.07 Å². The third-order valence-electron chi connectivity index (χ3n) is 2.38. The molecule has 0 aromatic heterocycles. The number of nitro benzene ring substituents is 1. The van der Waals surface area contributed by atoms with Crippen LogP contribution in [0.1, 0.15) is 16.7 Å². The molecule has 0 atom stereocenters. The third kappa shape index (κ3) is 1.47. The van der Waals surface area contributed by atoms with Gasteiger partial charge in [0.1, 0.15) is 5.69 Å². The average Bonchev–Trinajstić information content (AvgIpc) is 2.07. The van der Waals surface area contributed by atoms with Gasteiger partial charge >= 0.3 is 0 Å². The fourth-order valence-electron chi connectivity index (χ4n) is 1.23. The summed E-state index contributed by atoms with van der Waals surface area (Å²) in [6, 6.07) is 1.51. The zero-order valence-electron chi connectivity index (χ0n) is 7.92. The van der Waals surface area contributed by atoms with Crippen molar-refractivity contribution in [1.82, 2.24) is 0 Å². The highest BCUT2D eigenvalue weighted by Gasteiger charge is 2.15. The van der Waals surface area contributed by atoms with Crippen molar-refractivity contribution in [2.75, 3.05) is 5.73 Å². The second-order valence-electron chi connectivity index (χ2n) is 3.13. The van der Waals surface area contributed by atoms with Crippen LogP contribution in [0.15, 0.2) is 6.07 Å². The van der Waals surface area contributed by atoms with Crippen LogP contribution in [0, 0.1) is 30.9 Å². The number of rotatable bonds is 1. The van der Waals surface area contributed by atoms with Gasteiger partial charge in [0.25, 0.3) is 5.69 Å². The normalized spacial score (nSPS) is 10.1. The predicted octanol–water partition coefficient (Wildman–Crippen LogP) is 2.10. The molecule has 0 heterocycles. The summed E-state index contributed by atoms with van der Waals surface area (Å²) in [5.41, 5.74) is 8.60. The number of anilines is 1. The molecule has 2 N–H and O–H groups in total. The lowest BCUT2D eigenvalue weighted by Gasteiger charge is -2.07. The molecule has 0 radical (unpaired) electrons. The van der Waals surface area contributed by atoms with Gasteiger partial charge in [0.15, 0.2) is 0 Å². The Hall–Kier alpha value is -1.58. The van der Waals surface area contributed by atoms with Gasteiger partial charge in [-0.15, -0.1) is 0 Å². The first-order valence-electron chi connectivity index (χ1n) is 3.95. The predicted molar refractivity (Wildman–Crippen MR) is 51.7 cm³/mol. The third-order valence-corrected chi connectivity index (χ3v) is 2.38. The molecule has 0 amide bonds. The average molecular weight is 180 g/mol. The molecule has 0 saturated heterocycles. The number of aryl methyl sites for hydroxylation is 1. The lowest BCUT2D eigenvalue weighted by molar-refractivity contribution is -0.384. The first-order valence-corrected chi connectivity index (χ1v) is 3.95. The molecule has 13 heavy (non-hydrogen) atoms. The van der Waals surface area contributed by atoms with Crippen molar-refractivity contribution in [3.05, 3.63) is 32.9 Å². The fourth-order valence-corrected chi connectivity index (χ4v) is 1.23. The molecule has 0 bridgehead atoms. The molecule has 0 aliphatic carbocycles. The second-order valence-corrected chi connectivity index (χ2v) is 3.13. The molecule has 1 aromatic rings. The summed E-state index contributed by atoms with van der Waals surface area (Å²) in [6.07, 6.45) is 0. The molecule has 0 saturated carbocycles. The Morgan fingerprint density at radius 1 is 1.31 bits per heavy atom. The van der Waals surface area contributed by atoms with Crippen molar-refractivity contribution in [3.63, 3.8) is 0 Å². The number of hydrogen-bond acceptors (Lipinski definition) is 3. The highest BCUT2D eigenvalue weighted by molar-refractivity contribution is 5.66. The molecule has 1 aromatic carbocycles. The number of hydrogen-bond donors (Lipinski definition) is 1. The summed E-state index contributed by atoms with van der Waals surface area (Å²) in [5, 5.41) is 10.6. The van der Waals surface area contributed by atoms with E-state index in [0.717, 1.165) is 16.7 Å². The van der Waals surface area contributed by atoms with Gasteiger partial charge in [-0.05, 0) is 37.5 Å². The maximum atomic E-state index is 10.6. The van der Waals surface area contributed by atoms with Crippen LogP contribution in [-0.2, 0) is 0 Å². The van der Waals surface area contributed by atoms with Crippen LogP contribution in [0.4, 0.5) is 11.4 Å². The second kappa shape index (κ2) is 3.05. The van der Waals surface area contributed by atoms with E-state index in [4.69, 9.17) is 5.73 Å². The minimum Gasteiger partial charge on any atom is -0.393 e. The Morgan fingerprint density at radius 3 is 2.31 bits per heavy atom. The maximum absolute atomic E-state index is 10.6. The molecule has 0 aliphatic rings. The number of benzene rings is 1. The zero-order chi connectivity index (χ0) is 10.2. The van der Waals surface area contributed by atoms with Gasteiger partial charge in [-0.3, -0.25) is 10.1 Å². The first kappa shape index (κ1) is 9.51. The van der Waals surface area contributed by atoms with E-state index >= 15 is 0 Å². The summed E-state index contributed by atoms with van der Waals surface area (Å²) in [4.78, 5) is 10.1. The standard InChI is InChI=1S/C9H12N2O2/c1-5-4-8(11(12)13)9(10)7(3)6(5)2/h4H,10H2,1-3H3. The zero-order valence-corrected chi connectivity index (χ0v) is 7.92. The maximum Gasteiger partial charge on any atom is 0.292 e. The van der Waals surface area contributed by atoms with Gasteiger partial charge in [-0.25, -0.2) is 0 Å². The fraction of sp³-hybridized carbons (Fsp3) is 0.333. The summed E-state index contributed by atoms with van der Waals surface area (Å²) < 4.78 is 0. The lowest BCUT2D eigenvalue weighted by Crippen LogP contribution is -2.01. The Balaban J connectivity index is 3.50. The number of nitrogens with zero attached hydrogens (tertiary/aromatic N) is 1. The molecular weight excluding hydrogens is 168 g/mol. The van der Waals surface area contributed by atoms with Crippen LogP contribution in [0.5, 0.6) is 0 Å². The smallest absolute Gasteiger partial charge is 0.292 e. The summed E-state index contributed by atoms with van der Waals surface area (Å²) in [6.45, 7) is 5.55. The van der Waals surface area contributed by atoms with Crippen LogP contribution in [0.2, 0.25) is 0 Å². The Labute approximate surface area is 76.5 Å². The highest BCUT2D eigenvalue weighted by atomic mass is 16.6. The van der Waals surface area contributed by atoms with Gasteiger partial charge in [-0.1, -0.05) is 0 Å². The van der Waals surface area contributed by atoms with Crippen molar-refractivity contribution in [2.45, 2.75) is 20.8 Å². The topological polar surface area (TPSA) is 69.2 Å². The molecule has 1 rings (SSSR count). The first-order chi connectivity index (χ1) is 5.95. The van der Waals surface area contributed by atoms with Crippen molar-refractivity contribution in [1.29, 1.82) is 0 Å². The molecule has 0 unspecified atom stereocenters. The molecule has 0 aliphatic heterocycles. The minimum absolute atomic E-state index is 0.000556. The minimum atomic E-state index is -0.450. The molecule has 4 nitrogen and oxygen atoms in total. The van der Waals surface area contributed by atoms with Crippen LogP contribution in [0.3, 0.4) is 0 Å². The Kier molecular flexibility index (Phi) is 2.23. The molecule has 4 heteroatoms. The summed E-state index contributed by atoms with van der Waals surface area (Å²) >= 11 is 0. The van der Waals surface area contributed by atoms with Crippen molar-refractivity contribution < 1.29 is 4.92 Å². The molecule has 0 spiro atoms. The molecule has 0 fully saturated rings.